The molecule has 0 N–H and O–H groups in total. The number of hydrogen-bond acceptors (Lipinski definition) is 2. The summed E-state index contributed by atoms with van der Waals surface area (Å²) in [5, 5.41) is 3.72. The van der Waals surface area contributed by atoms with E-state index in [1.165, 1.54) is 0 Å². The minimum absolute atomic E-state index is 0.0415. The predicted octanol–water partition coefficient (Wildman–Crippen LogP) is 17.2. The number of fused-ring (bicyclic) bond motifs is 7. The lowest BCUT2D eigenvalue weighted by molar-refractivity contribution is 0.674. The molecule has 290 valence electrons. The molecule has 0 amide bonds. The Bertz CT molecular complexity index is 4680. The van der Waals surface area contributed by atoms with Crippen LogP contribution in [0.2, 0.25) is 0 Å². The van der Waals surface area contributed by atoms with Crippen molar-refractivity contribution in [3.63, 3.8) is 0 Å². The summed E-state index contributed by atoms with van der Waals surface area (Å²) in [6, 6.07) is 21.4. The summed E-state index contributed by atoms with van der Waals surface area (Å²) in [6.45, 7) is 0. The van der Waals surface area contributed by atoms with E-state index in [1.54, 1.807) is 54.6 Å². The van der Waals surface area contributed by atoms with Crippen LogP contribution in [0.25, 0.3) is 98.8 Å². The summed E-state index contributed by atoms with van der Waals surface area (Å²) in [6.07, 6.45) is 0. The monoisotopic (exact) mass is 808 g/mol. The molecule has 0 saturated heterocycles. The van der Waals surface area contributed by atoms with Crippen LogP contribution in [0.1, 0.15) is 26.0 Å². The van der Waals surface area contributed by atoms with E-state index in [9.17, 15) is 16.4 Å². The second kappa shape index (κ2) is 14.8. The Labute approximate surface area is 386 Å². The van der Waals surface area contributed by atoms with Gasteiger partial charge >= 0.3 is 0 Å². The van der Waals surface area contributed by atoms with Gasteiger partial charge in [0.25, 0.3) is 0 Å². The average Bonchev–Trinajstić information content (AvgIpc) is 4.03. The Kier molecular flexibility index (Phi) is 5.10. The second-order valence-electron chi connectivity index (χ2n) is 14.5. The molecule has 1 heterocycles. The standard InChI is InChI=1S/C60H39NO/c1-4-17-49-42(12-1)15-9-21-51(49)45-28-26-40(27-29-45)41-30-35-47(36-31-41)61(48-37-32-46(33-38-48)52-22-10-16-43-13-2-5-18-50(43)52)58-25-8-7-20-54(58)55-23-11-24-56-57-39-34-44-14-3-6-19-53(44)59(57)62-60(55)56/h1-39H/i1D,4D,9D,12D,15D,17D,21D,26D,27D,28D,29D,30D,31D,32D,33D,35D,36D,37D,38D. The largest absolute Gasteiger partial charge is 0.455 e. The van der Waals surface area contributed by atoms with Gasteiger partial charge in [-0.15, -0.1) is 0 Å². The zero-order chi connectivity index (χ0) is 57.5. The number of para-hydroxylation sites is 2. The first kappa shape index (κ1) is 21.4. The fourth-order valence-electron chi connectivity index (χ4n) is 8.09. The molecule has 0 saturated carbocycles. The molecule has 0 aliphatic heterocycles. The maximum Gasteiger partial charge on any atom is 0.143 e. The first-order valence-electron chi connectivity index (χ1n) is 29.2. The molecular weight excluding hydrogens is 751 g/mol. The minimum atomic E-state index is -0.938. The number of nitrogens with zero attached hydrogens (tertiary/aromatic N) is 1. The number of furan rings is 1. The van der Waals surface area contributed by atoms with Crippen molar-refractivity contribution in [2.45, 2.75) is 0 Å². The predicted molar refractivity (Wildman–Crippen MR) is 263 cm³/mol. The van der Waals surface area contributed by atoms with Gasteiger partial charge in [0.05, 0.1) is 31.7 Å². The molecular formula is C60H39NO. The molecule has 0 spiro atoms. The highest BCUT2D eigenvalue weighted by atomic mass is 16.3. The number of anilines is 3. The Morgan fingerprint density at radius 3 is 1.65 bits per heavy atom. The van der Waals surface area contributed by atoms with E-state index in [1.807, 2.05) is 66.7 Å². The van der Waals surface area contributed by atoms with E-state index < -0.39 is 159 Å². The molecule has 62 heavy (non-hydrogen) atoms. The first-order chi connectivity index (χ1) is 38.7. The molecule has 0 bridgehead atoms. The molecule has 12 aromatic rings. The molecule has 2 nitrogen and oxygen atoms in total. The summed E-state index contributed by atoms with van der Waals surface area (Å²) in [4.78, 5) is 1.14. The van der Waals surface area contributed by atoms with Gasteiger partial charge in [0.1, 0.15) is 11.2 Å². The summed E-state index contributed by atoms with van der Waals surface area (Å²) in [5.74, 6) is 0. The fraction of sp³-hybridized carbons (Fsp3) is 0. The quantitative estimate of drug-likeness (QED) is 0.159. The Morgan fingerprint density at radius 1 is 0.306 bits per heavy atom. The normalized spacial score (nSPS) is 15.8. The van der Waals surface area contributed by atoms with Gasteiger partial charge in [-0.1, -0.05) is 200 Å². The van der Waals surface area contributed by atoms with Crippen LogP contribution in [-0.2, 0) is 0 Å². The third-order valence-electron chi connectivity index (χ3n) is 11.0. The lowest BCUT2D eigenvalue weighted by atomic mass is 9.96. The summed E-state index contributed by atoms with van der Waals surface area (Å²) in [7, 11) is 0. The van der Waals surface area contributed by atoms with Crippen LogP contribution in [-0.4, -0.2) is 0 Å². The molecule has 0 unspecified atom stereocenters. The lowest BCUT2D eigenvalue weighted by Gasteiger charge is -2.28. The van der Waals surface area contributed by atoms with Crippen molar-refractivity contribution < 1.29 is 30.5 Å². The van der Waals surface area contributed by atoms with E-state index >= 15 is 0 Å². The van der Waals surface area contributed by atoms with Gasteiger partial charge in [-0.05, 0) is 96.6 Å². The van der Waals surface area contributed by atoms with Crippen LogP contribution in [0.5, 0.6) is 0 Å². The molecule has 0 radical (unpaired) electrons. The van der Waals surface area contributed by atoms with E-state index in [0.29, 0.717) is 33.2 Å². The second-order valence-corrected chi connectivity index (χ2v) is 14.5. The van der Waals surface area contributed by atoms with Crippen molar-refractivity contribution in [3.05, 3.63) is 236 Å². The molecule has 0 atom stereocenters. The van der Waals surface area contributed by atoms with E-state index in [4.69, 9.17) is 14.0 Å². The van der Waals surface area contributed by atoms with Gasteiger partial charge in [0.2, 0.25) is 0 Å². The molecule has 0 aliphatic carbocycles. The third kappa shape index (κ3) is 6.04. The molecule has 0 aliphatic rings. The van der Waals surface area contributed by atoms with Gasteiger partial charge in [0, 0.05) is 38.7 Å². The van der Waals surface area contributed by atoms with Gasteiger partial charge in [-0.2, -0.15) is 0 Å². The summed E-state index contributed by atoms with van der Waals surface area (Å²) in [5.41, 5.74) is -1.49. The van der Waals surface area contributed by atoms with Crippen LogP contribution in [0.15, 0.2) is 241 Å². The van der Waals surface area contributed by atoms with Crippen molar-refractivity contribution in [1.82, 2.24) is 0 Å². The Hall–Kier alpha value is -8.20. The lowest BCUT2D eigenvalue weighted by Crippen LogP contribution is -2.11. The smallest absolute Gasteiger partial charge is 0.143 e. The highest BCUT2D eigenvalue weighted by Gasteiger charge is 2.21. The van der Waals surface area contributed by atoms with Crippen molar-refractivity contribution in [2.75, 3.05) is 4.90 Å². The van der Waals surface area contributed by atoms with Crippen LogP contribution in [0.3, 0.4) is 0 Å². The molecule has 12 rings (SSSR count). The highest BCUT2D eigenvalue weighted by Crippen LogP contribution is 2.46. The van der Waals surface area contributed by atoms with Crippen LogP contribution < -0.4 is 4.90 Å². The van der Waals surface area contributed by atoms with Crippen molar-refractivity contribution in [2.24, 2.45) is 0 Å². The summed E-state index contributed by atoms with van der Waals surface area (Å²) < 4.78 is 182. The maximum absolute atomic E-state index is 9.87. The van der Waals surface area contributed by atoms with Crippen molar-refractivity contribution >= 4 is 71.3 Å². The topological polar surface area (TPSA) is 16.4 Å². The number of hydrogen-bond donors (Lipinski definition) is 0. The van der Waals surface area contributed by atoms with Crippen molar-refractivity contribution in [3.8, 4) is 44.5 Å². The molecule has 11 aromatic carbocycles. The molecule has 0 fully saturated rings. The van der Waals surface area contributed by atoms with Gasteiger partial charge in [-0.3, -0.25) is 0 Å². The average molecular weight is 809 g/mol. The van der Waals surface area contributed by atoms with Crippen molar-refractivity contribution in [1.29, 1.82) is 0 Å². The Morgan fingerprint density at radius 2 is 0.839 bits per heavy atom. The van der Waals surface area contributed by atoms with Crippen LogP contribution >= 0.6 is 0 Å². The number of rotatable bonds is 7. The molecule has 2 heteroatoms. The zero-order valence-corrected chi connectivity index (χ0v) is 32.4. The first-order valence-corrected chi connectivity index (χ1v) is 19.7. The Balaban J connectivity index is 1.14. The van der Waals surface area contributed by atoms with Gasteiger partial charge in [-0.25, -0.2) is 0 Å². The molecule has 1 aromatic heterocycles. The van der Waals surface area contributed by atoms with E-state index in [-0.39, 0.29) is 11.3 Å². The van der Waals surface area contributed by atoms with E-state index in [0.717, 1.165) is 31.8 Å². The van der Waals surface area contributed by atoms with E-state index in [2.05, 4.69) is 0 Å². The third-order valence-corrected chi connectivity index (χ3v) is 11.0. The highest BCUT2D eigenvalue weighted by molar-refractivity contribution is 6.17. The van der Waals surface area contributed by atoms with Crippen LogP contribution in [0, 0.1) is 0 Å². The van der Waals surface area contributed by atoms with Crippen LogP contribution in [0.4, 0.5) is 17.1 Å². The zero-order valence-electron chi connectivity index (χ0n) is 51.4. The number of benzene rings is 11. The SMILES string of the molecule is [2H]c1c([2H])c(-c2c([2H])c([2H])c([2H])c3c([2H])c([2H])c([2H])c([2H])c23)c([2H])c([2H])c1-c1c([2H])c([2H])c(N(c2ccccc2-c2cccc3c2oc2c4ccccc4ccc32)c2c([2H])c([2H])c(-c3cccc4ccccc34)c([2H])c2[2H])c([2H])c1[2H]. The van der Waals surface area contributed by atoms with Gasteiger partial charge in [0.15, 0.2) is 0 Å². The van der Waals surface area contributed by atoms with Gasteiger partial charge < -0.3 is 9.32 Å². The summed E-state index contributed by atoms with van der Waals surface area (Å²) >= 11 is 0. The minimum Gasteiger partial charge on any atom is -0.455 e. The fourth-order valence-corrected chi connectivity index (χ4v) is 8.09. The maximum atomic E-state index is 9.87.